The summed E-state index contributed by atoms with van der Waals surface area (Å²) in [5.74, 6) is -1.08. The Kier molecular flexibility index (Phi) is 3.73. The van der Waals surface area contributed by atoms with Gasteiger partial charge in [-0.05, 0) is 19.3 Å². The second-order valence-electron chi connectivity index (χ2n) is 6.13. The number of likely N-dealkylation sites (tertiary alicyclic amines) is 1. The first-order chi connectivity index (χ1) is 10.1. The van der Waals surface area contributed by atoms with E-state index in [1.807, 2.05) is 4.90 Å². The number of hydrogen-bond acceptors (Lipinski definition) is 3. The number of carboxylic acid groups (broad SMARTS) is 1. The molecule has 3 heterocycles. The smallest absolute Gasteiger partial charge is 0.320 e. The monoisotopic (exact) mass is 295 g/mol. The normalized spacial score (nSPS) is 29.5. The molecule has 0 spiro atoms. The van der Waals surface area contributed by atoms with Gasteiger partial charge in [0, 0.05) is 45.2 Å². The Balaban J connectivity index is 1.60. The Labute approximate surface area is 123 Å². The molecule has 0 radical (unpaired) electrons. The molecule has 3 rings (SSSR count). The Morgan fingerprint density at radius 3 is 2.57 bits per heavy atom. The fourth-order valence-electron chi connectivity index (χ4n) is 3.59. The van der Waals surface area contributed by atoms with Crippen molar-refractivity contribution in [2.45, 2.75) is 31.7 Å². The Bertz CT molecular complexity index is 467. The fourth-order valence-corrected chi connectivity index (χ4v) is 3.59. The van der Waals surface area contributed by atoms with E-state index in [4.69, 9.17) is 5.11 Å². The number of rotatable bonds is 1. The van der Waals surface area contributed by atoms with Crippen molar-refractivity contribution in [2.24, 2.45) is 5.92 Å². The minimum Gasteiger partial charge on any atom is -0.481 e. The molecule has 0 saturated carbocycles. The van der Waals surface area contributed by atoms with Crippen LogP contribution in [0.3, 0.4) is 0 Å². The van der Waals surface area contributed by atoms with E-state index in [1.165, 1.54) is 0 Å². The molecular formula is C14H21N3O4. The quantitative estimate of drug-likeness (QED) is 0.750. The van der Waals surface area contributed by atoms with Gasteiger partial charge < -0.3 is 19.8 Å². The first kappa shape index (κ1) is 14.2. The number of amides is 3. The molecule has 0 aromatic heterocycles. The molecule has 3 aliphatic heterocycles. The van der Waals surface area contributed by atoms with E-state index in [-0.39, 0.29) is 18.0 Å². The van der Waals surface area contributed by atoms with Gasteiger partial charge in [-0.1, -0.05) is 0 Å². The van der Waals surface area contributed by atoms with Crippen molar-refractivity contribution in [1.82, 2.24) is 14.7 Å². The van der Waals surface area contributed by atoms with E-state index in [2.05, 4.69) is 0 Å². The van der Waals surface area contributed by atoms with E-state index >= 15 is 0 Å². The number of piperazine rings is 1. The van der Waals surface area contributed by atoms with Crippen LogP contribution in [-0.2, 0) is 9.59 Å². The summed E-state index contributed by atoms with van der Waals surface area (Å²) in [5, 5.41) is 9.10. The summed E-state index contributed by atoms with van der Waals surface area (Å²) >= 11 is 0. The largest absolute Gasteiger partial charge is 0.481 e. The fraction of sp³-hybridized carbons (Fsp3) is 0.786. The third-order valence-corrected chi connectivity index (χ3v) is 4.81. The van der Waals surface area contributed by atoms with E-state index in [9.17, 15) is 14.4 Å². The van der Waals surface area contributed by atoms with Gasteiger partial charge in [-0.3, -0.25) is 9.59 Å². The van der Waals surface area contributed by atoms with Crippen LogP contribution in [0.25, 0.3) is 0 Å². The predicted octanol–water partition coefficient (Wildman–Crippen LogP) is 0.210. The molecule has 3 saturated heterocycles. The molecule has 1 unspecified atom stereocenters. The molecule has 3 aliphatic rings. The molecule has 1 N–H and O–H groups in total. The van der Waals surface area contributed by atoms with Crippen LogP contribution in [0.15, 0.2) is 0 Å². The first-order valence-electron chi connectivity index (χ1n) is 7.62. The summed E-state index contributed by atoms with van der Waals surface area (Å²) in [6.45, 7) is 2.67. The van der Waals surface area contributed by atoms with Crippen LogP contribution in [0.4, 0.5) is 4.79 Å². The van der Waals surface area contributed by atoms with Crippen LogP contribution in [0.5, 0.6) is 0 Å². The van der Waals surface area contributed by atoms with Crippen molar-refractivity contribution in [3.8, 4) is 0 Å². The lowest BCUT2D eigenvalue weighted by Crippen LogP contribution is -2.57. The Hall–Kier alpha value is -1.79. The molecule has 0 aromatic rings. The second-order valence-corrected chi connectivity index (χ2v) is 6.13. The summed E-state index contributed by atoms with van der Waals surface area (Å²) in [6.07, 6.45) is 2.78. The lowest BCUT2D eigenvalue weighted by atomic mass is 9.98. The third-order valence-electron chi connectivity index (χ3n) is 4.81. The molecule has 116 valence electrons. The highest BCUT2D eigenvalue weighted by atomic mass is 16.4. The molecule has 0 aliphatic carbocycles. The van der Waals surface area contributed by atoms with Crippen molar-refractivity contribution >= 4 is 17.9 Å². The lowest BCUT2D eigenvalue weighted by Gasteiger charge is -2.41. The van der Waals surface area contributed by atoms with E-state index in [1.54, 1.807) is 9.80 Å². The first-order valence-corrected chi connectivity index (χ1v) is 7.62. The van der Waals surface area contributed by atoms with E-state index in [0.29, 0.717) is 45.6 Å². The van der Waals surface area contributed by atoms with Crippen LogP contribution >= 0.6 is 0 Å². The molecule has 0 aromatic carbocycles. The maximum Gasteiger partial charge on any atom is 0.320 e. The van der Waals surface area contributed by atoms with Gasteiger partial charge in [0.05, 0.1) is 5.92 Å². The van der Waals surface area contributed by atoms with Crippen molar-refractivity contribution in [3.63, 3.8) is 0 Å². The zero-order chi connectivity index (χ0) is 15.0. The van der Waals surface area contributed by atoms with Crippen LogP contribution in [-0.4, -0.2) is 76.5 Å². The minimum absolute atomic E-state index is 0.0695. The number of hydrogen-bond donors (Lipinski definition) is 1. The summed E-state index contributed by atoms with van der Waals surface area (Å²) in [5.41, 5.74) is 0. The number of piperidine rings is 1. The van der Waals surface area contributed by atoms with E-state index in [0.717, 1.165) is 12.8 Å². The van der Waals surface area contributed by atoms with Crippen molar-refractivity contribution in [2.75, 3.05) is 32.7 Å². The van der Waals surface area contributed by atoms with Crippen LogP contribution in [0.2, 0.25) is 0 Å². The summed E-state index contributed by atoms with van der Waals surface area (Å²) in [6, 6.07) is 0.0789. The van der Waals surface area contributed by atoms with Crippen LogP contribution < -0.4 is 0 Å². The zero-order valence-corrected chi connectivity index (χ0v) is 12.0. The van der Waals surface area contributed by atoms with Gasteiger partial charge in [0.2, 0.25) is 5.91 Å². The maximum atomic E-state index is 12.5. The summed E-state index contributed by atoms with van der Waals surface area (Å²) in [7, 11) is 0. The van der Waals surface area contributed by atoms with Crippen molar-refractivity contribution in [3.05, 3.63) is 0 Å². The summed E-state index contributed by atoms with van der Waals surface area (Å²) < 4.78 is 0. The highest BCUT2D eigenvalue weighted by Gasteiger charge is 2.39. The molecule has 3 fully saturated rings. The minimum atomic E-state index is -0.821. The average Bonchev–Trinajstić information content (AvgIpc) is 2.87. The van der Waals surface area contributed by atoms with Gasteiger partial charge in [0.25, 0.3) is 0 Å². The Morgan fingerprint density at radius 2 is 1.81 bits per heavy atom. The molecule has 0 bridgehead atoms. The standard InChI is InChI=1S/C14H21N3O4/c18-12-4-3-11-9-16(6-7-17(11)12)14(21)15-5-1-2-10(8-15)13(19)20/h10-11H,1-9H2,(H,19,20)/t10-,11?/m0/s1. The van der Waals surface area contributed by atoms with Crippen molar-refractivity contribution < 1.29 is 19.5 Å². The molecule has 7 nitrogen and oxygen atoms in total. The molecule has 2 atom stereocenters. The van der Waals surface area contributed by atoms with Gasteiger partial charge in [0.1, 0.15) is 0 Å². The Morgan fingerprint density at radius 1 is 1.05 bits per heavy atom. The van der Waals surface area contributed by atoms with Gasteiger partial charge in [-0.15, -0.1) is 0 Å². The number of aliphatic carboxylic acids is 1. The van der Waals surface area contributed by atoms with Gasteiger partial charge in [-0.2, -0.15) is 0 Å². The highest BCUT2D eigenvalue weighted by molar-refractivity contribution is 5.80. The number of carboxylic acids is 1. The number of nitrogens with zero attached hydrogens (tertiary/aromatic N) is 3. The molecule has 7 heteroatoms. The number of urea groups is 1. The lowest BCUT2D eigenvalue weighted by molar-refractivity contribution is -0.143. The molecule has 3 amide bonds. The third kappa shape index (κ3) is 2.69. The second kappa shape index (κ2) is 5.54. The van der Waals surface area contributed by atoms with Crippen molar-refractivity contribution in [1.29, 1.82) is 0 Å². The maximum absolute atomic E-state index is 12.5. The average molecular weight is 295 g/mol. The highest BCUT2D eigenvalue weighted by Crippen LogP contribution is 2.24. The number of fused-ring (bicyclic) bond motifs is 1. The summed E-state index contributed by atoms with van der Waals surface area (Å²) in [4.78, 5) is 40.6. The van der Waals surface area contributed by atoms with E-state index < -0.39 is 11.9 Å². The van der Waals surface area contributed by atoms with Gasteiger partial charge >= 0.3 is 12.0 Å². The molecule has 21 heavy (non-hydrogen) atoms. The number of carbonyl (C=O) groups excluding carboxylic acids is 2. The van der Waals surface area contributed by atoms with Crippen LogP contribution in [0.1, 0.15) is 25.7 Å². The topological polar surface area (TPSA) is 81.2 Å². The SMILES string of the molecule is O=C(O)[C@H]1CCCN(C(=O)N2CCN3C(=O)CCC3C2)C1. The van der Waals surface area contributed by atoms with Gasteiger partial charge in [-0.25, -0.2) is 4.79 Å². The predicted molar refractivity (Wildman–Crippen MR) is 73.6 cm³/mol. The van der Waals surface area contributed by atoms with Crippen LogP contribution in [0, 0.1) is 5.92 Å². The molecular weight excluding hydrogens is 274 g/mol. The zero-order valence-electron chi connectivity index (χ0n) is 12.0. The van der Waals surface area contributed by atoms with Gasteiger partial charge in [0.15, 0.2) is 0 Å². The number of carbonyl (C=O) groups is 3.